The van der Waals surface area contributed by atoms with E-state index >= 15 is 0 Å². The van der Waals surface area contributed by atoms with Crippen LogP contribution in [0.15, 0.2) is 0 Å². The largest absolute Gasteiger partial charge is 0.237 e. The van der Waals surface area contributed by atoms with E-state index in [4.69, 9.17) is 0 Å². The molecule has 0 rings (SSSR count). The van der Waals surface area contributed by atoms with E-state index in [2.05, 4.69) is 0 Å². The van der Waals surface area contributed by atoms with Crippen LogP contribution >= 0.6 is 0 Å². The van der Waals surface area contributed by atoms with Crippen LogP contribution in [0.25, 0.3) is 0 Å². The van der Waals surface area contributed by atoms with E-state index in [-0.39, 0.29) is 0 Å². The lowest BCUT2D eigenvalue weighted by atomic mass is 10.6. The van der Waals surface area contributed by atoms with Crippen molar-refractivity contribution in [2.24, 2.45) is 0 Å². The molecular weight excluding hydrogens is 55.0 g/mol. The van der Waals surface area contributed by atoms with Gasteiger partial charge in [0.05, 0.1) is 0 Å². The van der Waals surface area contributed by atoms with Gasteiger partial charge in [0, 0.05) is 0 Å². The zero-order valence-corrected chi connectivity index (χ0v) is 2.59. The van der Waals surface area contributed by atoms with Gasteiger partial charge < -0.3 is 0 Å². The van der Waals surface area contributed by atoms with Crippen molar-refractivity contribution >= 4 is 0 Å². The Bertz CT molecular complexity index is 5.25. The van der Waals surface area contributed by atoms with E-state index in [1.54, 1.807) is 6.92 Å². The van der Waals surface area contributed by atoms with Crippen LogP contribution < -0.4 is 0 Å². The zero-order chi connectivity index (χ0) is 3.41. The molecule has 0 saturated heterocycles. The molecule has 0 aliphatic heterocycles. The first kappa shape index (κ1) is 3.93. The Kier molecular flexibility index (Phi) is 2.88. The van der Waals surface area contributed by atoms with Crippen molar-refractivity contribution < 1.29 is 4.39 Å². The summed E-state index contributed by atoms with van der Waals surface area (Å²) in [6, 6.07) is 0. The van der Waals surface area contributed by atoms with Gasteiger partial charge in [0.2, 0.25) is 0 Å². The van der Waals surface area contributed by atoms with Crippen molar-refractivity contribution in [3.63, 3.8) is 0 Å². The molecule has 0 aromatic carbocycles. The summed E-state index contributed by atoms with van der Waals surface area (Å²) in [6.45, 7) is 3.12. The van der Waals surface area contributed by atoms with Gasteiger partial charge in [-0.15, -0.1) is 0 Å². The molecule has 1 heteroatoms. The molecule has 0 N–H and O–H groups in total. The summed E-state index contributed by atoms with van der Waals surface area (Å²) < 4.78 is 10.5. The van der Waals surface area contributed by atoms with E-state index in [0.717, 1.165) is 0 Å². The van der Waals surface area contributed by atoms with E-state index in [9.17, 15) is 4.39 Å². The number of halogens is 1. The highest BCUT2D eigenvalue weighted by Gasteiger charge is 1.65. The third-order valence-corrected chi connectivity index (χ3v) is 0.134. The molecule has 24 valence electrons. The van der Waals surface area contributed by atoms with Gasteiger partial charge in [0.25, 0.3) is 0 Å². The molecule has 0 spiro atoms. The molecule has 0 aliphatic carbocycles. The minimum absolute atomic E-state index is 0.403. The van der Waals surface area contributed by atoms with Crippen molar-refractivity contribution in [2.45, 2.75) is 13.3 Å². The quantitative estimate of drug-likeness (QED) is 0.429. The molecule has 0 aliphatic rings. The summed E-state index contributed by atoms with van der Waals surface area (Å²) in [5.74, 6) is 0. The van der Waals surface area contributed by atoms with Gasteiger partial charge >= 0.3 is 0 Å². The topological polar surface area (TPSA) is 0 Å². The molecule has 0 unspecified atom stereocenters. The molecule has 2 radical (unpaired) electrons. The normalized spacial score (nSPS) is 7.50. The molecule has 0 aromatic heterocycles. The summed E-state index contributed by atoms with van der Waals surface area (Å²) in [5.41, 5.74) is 0. The van der Waals surface area contributed by atoms with Gasteiger partial charge in [-0.25, -0.2) is 4.39 Å². The monoisotopic (exact) mass is 60.0 g/mol. The Balaban J connectivity index is 1.97. The highest BCUT2D eigenvalue weighted by molar-refractivity contribution is 4.33. The fourth-order valence-electron chi connectivity index (χ4n) is 0. The van der Waals surface area contributed by atoms with Crippen LogP contribution in [0.3, 0.4) is 0 Å². The maximum Gasteiger partial charge on any atom is 0.184 e. The van der Waals surface area contributed by atoms with E-state index in [0.29, 0.717) is 6.42 Å². The zero-order valence-electron chi connectivity index (χ0n) is 2.59. The summed E-state index contributed by atoms with van der Waals surface area (Å²) >= 11 is 0. The predicted molar refractivity (Wildman–Crippen MR) is 14.6 cm³/mol. The first-order valence-electron chi connectivity index (χ1n) is 1.25. The van der Waals surface area contributed by atoms with Gasteiger partial charge in [-0.1, -0.05) is 6.92 Å². The van der Waals surface area contributed by atoms with Crippen LogP contribution in [-0.4, -0.2) is 0 Å². The van der Waals surface area contributed by atoms with Crippen molar-refractivity contribution in [1.29, 1.82) is 0 Å². The van der Waals surface area contributed by atoms with Crippen molar-refractivity contribution in [2.75, 3.05) is 0 Å². The Morgan fingerprint density at radius 3 is 2.25 bits per heavy atom. The first-order chi connectivity index (χ1) is 1.91. The summed E-state index contributed by atoms with van der Waals surface area (Å²) in [7, 11) is 0. The van der Waals surface area contributed by atoms with Gasteiger partial charge in [-0.05, 0) is 6.42 Å². The molecule has 0 atom stereocenters. The Hall–Kier alpha value is -0.0700. The average molecular weight is 60.1 g/mol. The van der Waals surface area contributed by atoms with Crippen LogP contribution in [0.5, 0.6) is 0 Å². The van der Waals surface area contributed by atoms with Gasteiger partial charge in [-0.2, -0.15) is 0 Å². The van der Waals surface area contributed by atoms with Crippen LogP contribution in [0.4, 0.5) is 4.39 Å². The maximum atomic E-state index is 10.5. The van der Waals surface area contributed by atoms with Crippen LogP contribution in [0, 0.1) is 6.67 Å². The lowest BCUT2D eigenvalue weighted by molar-refractivity contribution is 0.591. The standard InChI is InChI=1S/C3H5F/c1-2-3-4/h2H2,1H3. The Morgan fingerprint density at radius 2 is 2.25 bits per heavy atom. The molecular formula is C3H5F. The molecule has 0 amide bonds. The van der Waals surface area contributed by atoms with Gasteiger partial charge in [-0.3, -0.25) is 0 Å². The van der Waals surface area contributed by atoms with E-state index in [1.807, 2.05) is 0 Å². The summed E-state index contributed by atoms with van der Waals surface area (Å²) in [5, 5.41) is 0. The van der Waals surface area contributed by atoms with Crippen LogP contribution in [-0.2, 0) is 0 Å². The second kappa shape index (κ2) is 2.93. The number of hydrogen-bond acceptors (Lipinski definition) is 0. The maximum absolute atomic E-state index is 10.5. The van der Waals surface area contributed by atoms with Crippen molar-refractivity contribution in [1.82, 2.24) is 0 Å². The molecule has 0 nitrogen and oxygen atoms in total. The number of hydrogen-bond donors (Lipinski definition) is 0. The smallest absolute Gasteiger partial charge is 0.184 e. The molecule has 0 fully saturated rings. The predicted octanol–water partition coefficient (Wildman–Crippen LogP) is 1.40. The van der Waals surface area contributed by atoms with E-state index < -0.39 is 0 Å². The molecule has 4 heavy (non-hydrogen) atoms. The van der Waals surface area contributed by atoms with Gasteiger partial charge in [0.1, 0.15) is 0 Å². The highest BCUT2D eigenvalue weighted by Crippen LogP contribution is 1.79. The molecule has 0 heterocycles. The Morgan fingerprint density at radius 1 is 2.00 bits per heavy atom. The fourth-order valence-corrected chi connectivity index (χ4v) is 0. The van der Waals surface area contributed by atoms with E-state index in [1.165, 1.54) is 6.67 Å². The highest BCUT2D eigenvalue weighted by atomic mass is 19.1. The van der Waals surface area contributed by atoms with Crippen molar-refractivity contribution in [3.05, 3.63) is 6.67 Å². The SMILES string of the molecule is CC[C]F. The Labute approximate surface area is 25.6 Å². The average Bonchev–Trinajstić information content (AvgIpc) is 1.37. The molecule has 0 aromatic rings. The van der Waals surface area contributed by atoms with Crippen LogP contribution in [0.1, 0.15) is 13.3 Å². The summed E-state index contributed by atoms with van der Waals surface area (Å²) in [6.07, 6.45) is 0.403. The lowest BCUT2D eigenvalue weighted by Crippen LogP contribution is -1.46. The van der Waals surface area contributed by atoms with Crippen molar-refractivity contribution in [3.8, 4) is 0 Å². The minimum Gasteiger partial charge on any atom is -0.237 e. The third-order valence-electron chi connectivity index (χ3n) is 0.134. The van der Waals surface area contributed by atoms with Crippen LogP contribution in [0.2, 0.25) is 0 Å². The molecule has 0 bridgehead atoms. The first-order valence-corrected chi connectivity index (χ1v) is 1.25. The fraction of sp³-hybridized carbons (Fsp3) is 0.667. The minimum atomic E-state index is 0.403. The van der Waals surface area contributed by atoms with Gasteiger partial charge in [0.15, 0.2) is 6.67 Å². The third kappa shape index (κ3) is 1.93. The second-order valence-electron chi connectivity index (χ2n) is 0.487. The number of rotatable bonds is 1. The lowest BCUT2D eigenvalue weighted by Gasteiger charge is -1.61. The second-order valence-corrected chi connectivity index (χ2v) is 0.487. The summed E-state index contributed by atoms with van der Waals surface area (Å²) in [4.78, 5) is 0. The molecule has 0 saturated carbocycles.